The van der Waals surface area contributed by atoms with E-state index in [9.17, 15) is 9.18 Å². The molecule has 1 aromatic carbocycles. The van der Waals surface area contributed by atoms with Crippen LogP contribution in [0.5, 0.6) is 0 Å². The van der Waals surface area contributed by atoms with Gasteiger partial charge in [0.25, 0.3) is 0 Å². The smallest absolute Gasteiger partial charge is 0.325 e. The lowest BCUT2D eigenvalue weighted by Crippen LogP contribution is -2.11. The second-order valence-electron chi connectivity index (χ2n) is 3.54. The van der Waals surface area contributed by atoms with Gasteiger partial charge in [-0.25, -0.2) is 9.07 Å². The molecule has 19 heavy (non-hydrogen) atoms. The SMILES string of the molecule is O=C(O)Cn1nnnc1SCc1ccc(F)cc1Br. The van der Waals surface area contributed by atoms with E-state index >= 15 is 0 Å². The van der Waals surface area contributed by atoms with Crippen molar-refractivity contribution in [2.45, 2.75) is 17.5 Å². The van der Waals surface area contributed by atoms with Gasteiger partial charge in [-0.05, 0) is 28.1 Å². The average molecular weight is 347 g/mol. The number of benzene rings is 1. The highest BCUT2D eigenvalue weighted by Crippen LogP contribution is 2.25. The van der Waals surface area contributed by atoms with Crippen LogP contribution in [0, 0.1) is 5.82 Å². The predicted octanol–water partition coefficient (Wildman–Crippen LogP) is 1.95. The molecule has 6 nitrogen and oxygen atoms in total. The van der Waals surface area contributed by atoms with E-state index in [1.54, 1.807) is 6.07 Å². The van der Waals surface area contributed by atoms with Crippen molar-refractivity contribution in [3.8, 4) is 0 Å². The van der Waals surface area contributed by atoms with Crippen molar-refractivity contribution >= 4 is 33.7 Å². The van der Waals surface area contributed by atoms with E-state index in [0.29, 0.717) is 15.4 Å². The first-order chi connectivity index (χ1) is 9.06. The molecule has 1 aromatic heterocycles. The van der Waals surface area contributed by atoms with Gasteiger partial charge in [0, 0.05) is 10.2 Å². The fraction of sp³-hybridized carbons (Fsp3) is 0.200. The molecule has 0 radical (unpaired) electrons. The number of carbonyl (C=O) groups is 1. The van der Waals surface area contributed by atoms with Crippen molar-refractivity contribution in [3.05, 3.63) is 34.1 Å². The highest BCUT2D eigenvalue weighted by molar-refractivity contribution is 9.10. The molecule has 100 valence electrons. The van der Waals surface area contributed by atoms with Crippen LogP contribution in [0.2, 0.25) is 0 Å². The van der Waals surface area contributed by atoms with Gasteiger partial charge < -0.3 is 5.11 Å². The highest BCUT2D eigenvalue weighted by atomic mass is 79.9. The van der Waals surface area contributed by atoms with Crippen molar-refractivity contribution in [1.82, 2.24) is 20.2 Å². The van der Waals surface area contributed by atoms with Crippen LogP contribution >= 0.6 is 27.7 Å². The third kappa shape index (κ3) is 3.74. The van der Waals surface area contributed by atoms with Gasteiger partial charge in [-0.1, -0.05) is 33.8 Å². The first kappa shape index (κ1) is 13.9. The second-order valence-corrected chi connectivity index (χ2v) is 5.33. The molecule has 0 spiro atoms. The summed E-state index contributed by atoms with van der Waals surface area (Å²) in [6.07, 6.45) is 0. The van der Waals surface area contributed by atoms with Crippen LogP contribution in [0.25, 0.3) is 0 Å². The first-order valence-electron chi connectivity index (χ1n) is 5.11. The molecular weight excluding hydrogens is 339 g/mol. The summed E-state index contributed by atoms with van der Waals surface area (Å²) in [4.78, 5) is 10.6. The van der Waals surface area contributed by atoms with E-state index in [-0.39, 0.29) is 12.4 Å². The van der Waals surface area contributed by atoms with Gasteiger partial charge in [0.05, 0.1) is 0 Å². The molecule has 1 N–H and O–H groups in total. The van der Waals surface area contributed by atoms with Crippen LogP contribution in [-0.4, -0.2) is 31.3 Å². The first-order valence-corrected chi connectivity index (χ1v) is 6.89. The normalized spacial score (nSPS) is 10.6. The van der Waals surface area contributed by atoms with Crippen molar-refractivity contribution < 1.29 is 14.3 Å². The van der Waals surface area contributed by atoms with Crippen molar-refractivity contribution in [2.75, 3.05) is 0 Å². The Hall–Kier alpha value is -1.48. The van der Waals surface area contributed by atoms with E-state index in [0.717, 1.165) is 5.56 Å². The van der Waals surface area contributed by atoms with Crippen LogP contribution in [0.1, 0.15) is 5.56 Å². The molecule has 2 aromatic rings. The number of thioether (sulfide) groups is 1. The maximum absolute atomic E-state index is 12.9. The Morgan fingerprint density at radius 1 is 1.53 bits per heavy atom. The lowest BCUT2D eigenvalue weighted by molar-refractivity contribution is -0.138. The lowest BCUT2D eigenvalue weighted by Gasteiger charge is -2.04. The number of carboxylic acid groups (broad SMARTS) is 1. The molecule has 0 bridgehead atoms. The Balaban J connectivity index is 2.06. The van der Waals surface area contributed by atoms with Crippen LogP contribution in [0.3, 0.4) is 0 Å². The summed E-state index contributed by atoms with van der Waals surface area (Å²) >= 11 is 4.54. The topological polar surface area (TPSA) is 80.9 Å². The fourth-order valence-corrected chi connectivity index (χ4v) is 2.87. The van der Waals surface area contributed by atoms with Crippen molar-refractivity contribution in [2.24, 2.45) is 0 Å². The van der Waals surface area contributed by atoms with Gasteiger partial charge in [-0.15, -0.1) is 5.10 Å². The average Bonchev–Trinajstić information content (AvgIpc) is 2.74. The van der Waals surface area contributed by atoms with E-state index in [1.807, 2.05) is 0 Å². The number of rotatable bonds is 5. The van der Waals surface area contributed by atoms with Gasteiger partial charge in [0.2, 0.25) is 5.16 Å². The summed E-state index contributed by atoms with van der Waals surface area (Å²) in [5.74, 6) is -0.839. The van der Waals surface area contributed by atoms with E-state index in [4.69, 9.17) is 5.11 Å². The minimum Gasteiger partial charge on any atom is -0.480 e. The number of nitrogens with zero attached hydrogens (tertiary/aromatic N) is 4. The zero-order valence-corrected chi connectivity index (χ0v) is 11.9. The van der Waals surface area contributed by atoms with Crippen LogP contribution in [0.4, 0.5) is 4.39 Å². The van der Waals surface area contributed by atoms with Gasteiger partial charge >= 0.3 is 5.97 Å². The lowest BCUT2D eigenvalue weighted by atomic mass is 10.2. The third-order valence-corrected chi connectivity index (χ3v) is 3.90. The monoisotopic (exact) mass is 346 g/mol. The molecular formula is C10H8BrFN4O2S. The summed E-state index contributed by atoms with van der Waals surface area (Å²) in [6.45, 7) is -0.292. The van der Waals surface area contributed by atoms with E-state index < -0.39 is 5.97 Å². The predicted molar refractivity (Wildman–Crippen MR) is 69.1 cm³/mol. The molecule has 0 atom stereocenters. The molecule has 9 heteroatoms. The maximum atomic E-state index is 12.9. The molecule has 0 saturated heterocycles. The maximum Gasteiger partial charge on any atom is 0.325 e. The molecule has 0 aliphatic carbocycles. The molecule has 0 aliphatic heterocycles. The number of halogens is 2. The summed E-state index contributed by atoms with van der Waals surface area (Å²) in [6, 6.07) is 4.38. The van der Waals surface area contributed by atoms with Crippen LogP contribution in [-0.2, 0) is 17.1 Å². The third-order valence-electron chi connectivity index (χ3n) is 2.16. The van der Waals surface area contributed by atoms with Gasteiger partial charge in [0.15, 0.2) is 0 Å². The molecule has 0 unspecified atom stereocenters. The molecule has 0 saturated carbocycles. The Morgan fingerprint density at radius 3 is 3.00 bits per heavy atom. The fourth-order valence-electron chi connectivity index (χ4n) is 1.31. The van der Waals surface area contributed by atoms with Crippen LogP contribution < -0.4 is 0 Å². The largest absolute Gasteiger partial charge is 0.480 e. The molecule has 0 fully saturated rings. The summed E-state index contributed by atoms with van der Waals surface area (Å²) in [5.41, 5.74) is 0.872. The van der Waals surface area contributed by atoms with Gasteiger partial charge in [0.1, 0.15) is 12.4 Å². The Morgan fingerprint density at radius 2 is 2.32 bits per heavy atom. The summed E-state index contributed by atoms with van der Waals surface area (Å²) in [5, 5.41) is 19.9. The molecule has 0 aliphatic rings. The number of aromatic nitrogens is 4. The Bertz CT molecular complexity index is 607. The minimum absolute atomic E-state index is 0.292. The molecule has 2 rings (SSSR count). The standard InChI is InChI=1S/C10H8BrFN4O2S/c11-8-3-7(12)2-1-6(8)5-19-10-13-14-15-16(10)4-9(17)18/h1-3H,4-5H2,(H,17,18). The van der Waals surface area contributed by atoms with Crippen molar-refractivity contribution in [3.63, 3.8) is 0 Å². The van der Waals surface area contributed by atoms with Crippen molar-refractivity contribution in [1.29, 1.82) is 0 Å². The second kappa shape index (κ2) is 6.11. The molecule has 1 heterocycles. The zero-order chi connectivity index (χ0) is 13.8. The number of hydrogen-bond acceptors (Lipinski definition) is 5. The number of aliphatic carboxylic acids is 1. The molecule has 0 amide bonds. The van der Waals surface area contributed by atoms with Gasteiger partial charge in [-0.2, -0.15) is 0 Å². The summed E-state index contributed by atoms with van der Waals surface area (Å²) in [7, 11) is 0. The van der Waals surface area contributed by atoms with Crippen LogP contribution in [0.15, 0.2) is 27.8 Å². The minimum atomic E-state index is -1.02. The van der Waals surface area contributed by atoms with E-state index in [2.05, 4.69) is 31.5 Å². The highest BCUT2D eigenvalue weighted by Gasteiger charge is 2.11. The quantitative estimate of drug-likeness (QED) is 0.833. The van der Waals surface area contributed by atoms with E-state index in [1.165, 1.54) is 28.6 Å². The summed E-state index contributed by atoms with van der Waals surface area (Å²) < 4.78 is 14.8. The number of tetrazole rings is 1. The number of carboxylic acids is 1. The Labute approximate surface area is 120 Å². The van der Waals surface area contributed by atoms with Gasteiger partial charge in [-0.3, -0.25) is 4.79 Å². The zero-order valence-electron chi connectivity index (χ0n) is 9.45. The Kier molecular flexibility index (Phi) is 4.48. The number of hydrogen-bond donors (Lipinski definition) is 1.